The van der Waals surface area contributed by atoms with Gasteiger partial charge in [-0.15, -0.1) is 0 Å². The Kier molecular flexibility index (Phi) is 5.08. The van der Waals surface area contributed by atoms with Crippen LogP contribution < -0.4 is 0 Å². The molecule has 1 N–H and O–H groups in total. The van der Waals surface area contributed by atoms with Crippen LogP contribution in [0.1, 0.15) is 27.2 Å². The van der Waals surface area contributed by atoms with Gasteiger partial charge in [-0.2, -0.15) is 0 Å². The van der Waals surface area contributed by atoms with E-state index in [9.17, 15) is 0 Å². The molecule has 0 aliphatic carbocycles. The highest BCUT2D eigenvalue weighted by Gasteiger charge is 2.36. The van der Waals surface area contributed by atoms with E-state index in [4.69, 9.17) is 4.43 Å². The molecule has 3 aromatic heterocycles. The zero-order chi connectivity index (χ0) is 20.6. The van der Waals surface area contributed by atoms with Gasteiger partial charge in [0.15, 0.2) is 14.0 Å². The number of hydrogen-bond acceptors (Lipinski definition) is 3. The molecule has 0 spiro atoms. The normalized spacial score (nSPS) is 12.9. The number of H-pyrrole nitrogens is 1. The van der Waals surface area contributed by atoms with E-state index >= 15 is 0 Å². The summed E-state index contributed by atoms with van der Waals surface area (Å²) in [6, 6.07) is 10.6. The van der Waals surface area contributed by atoms with E-state index in [1.807, 2.05) is 0 Å². The first-order chi connectivity index (χ1) is 13.8. The van der Waals surface area contributed by atoms with E-state index in [0.29, 0.717) is 0 Å². The minimum Gasteiger partial charge on any atom is -0.417 e. The number of rotatable bonds is 6. The van der Waals surface area contributed by atoms with E-state index in [2.05, 4.69) is 89.9 Å². The van der Waals surface area contributed by atoms with E-state index in [1.54, 1.807) is 12.4 Å². The van der Waals surface area contributed by atoms with Crippen LogP contribution in [0.15, 0.2) is 48.9 Å². The Bertz CT molecular complexity index is 1100. The average Bonchev–Trinajstić information content (AvgIpc) is 3.26. The first-order valence-corrected chi connectivity index (χ1v) is 13.2. The smallest absolute Gasteiger partial charge is 0.191 e. The predicted molar refractivity (Wildman–Crippen MR) is 123 cm³/mol. The van der Waals surface area contributed by atoms with Crippen LogP contribution in [0.5, 0.6) is 0 Å². The molecule has 0 amide bonds. The molecule has 0 aliphatic rings. The Hall–Kier alpha value is -2.44. The third-order valence-electron chi connectivity index (χ3n) is 6.15. The first-order valence-electron chi connectivity index (χ1n) is 10.3. The van der Waals surface area contributed by atoms with Gasteiger partial charge < -0.3 is 14.0 Å². The van der Waals surface area contributed by atoms with Crippen LogP contribution in [-0.4, -0.2) is 34.4 Å². The van der Waals surface area contributed by atoms with Gasteiger partial charge in [-0.25, -0.2) is 4.98 Å². The fourth-order valence-electron chi connectivity index (χ4n) is 3.42. The number of aromatic nitrogens is 4. The van der Waals surface area contributed by atoms with Crippen molar-refractivity contribution in [2.45, 2.75) is 51.9 Å². The molecule has 0 atom stereocenters. The van der Waals surface area contributed by atoms with Crippen LogP contribution in [0.25, 0.3) is 33.3 Å². The van der Waals surface area contributed by atoms with E-state index in [-0.39, 0.29) is 5.04 Å². The monoisotopic (exact) mass is 406 g/mol. The number of benzene rings is 1. The fourth-order valence-corrected chi connectivity index (χ4v) is 4.51. The van der Waals surface area contributed by atoms with Gasteiger partial charge in [0, 0.05) is 48.2 Å². The van der Waals surface area contributed by atoms with Crippen molar-refractivity contribution in [3.05, 3.63) is 48.9 Å². The van der Waals surface area contributed by atoms with Crippen LogP contribution in [0.2, 0.25) is 18.1 Å². The summed E-state index contributed by atoms with van der Waals surface area (Å²) in [6.07, 6.45) is 6.68. The number of nitrogens with one attached hydrogen (secondary N) is 1. The van der Waals surface area contributed by atoms with Gasteiger partial charge in [-0.3, -0.25) is 4.98 Å². The van der Waals surface area contributed by atoms with Gasteiger partial charge in [-0.05, 0) is 36.7 Å². The van der Waals surface area contributed by atoms with Crippen molar-refractivity contribution in [3.63, 3.8) is 0 Å². The Balaban J connectivity index is 1.57. The summed E-state index contributed by atoms with van der Waals surface area (Å²) in [6.45, 7) is 13.2. The minimum absolute atomic E-state index is 0.248. The second-order valence-electron chi connectivity index (χ2n) is 9.19. The number of hydrogen-bond donors (Lipinski definition) is 1. The van der Waals surface area contributed by atoms with Crippen LogP contribution >= 0.6 is 0 Å². The van der Waals surface area contributed by atoms with Crippen molar-refractivity contribution in [2.75, 3.05) is 6.61 Å². The molecule has 0 radical (unpaired) electrons. The zero-order valence-corrected chi connectivity index (χ0v) is 19.0. The second kappa shape index (κ2) is 7.43. The summed E-state index contributed by atoms with van der Waals surface area (Å²) in [5.41, 5.74) is 5.20. The maximum atomic E-state index is 6.36. The topological polar surface area (TPSA) is 55.7 Å². The Morgan fingerprint density at radius 2 is 1.86 bits per heavy atom. The summed E-state index contributed by atoms with van der Waals surface area (Å²) in [7, 11) is -1.69. The van der Waals surface area contributed by atoms with Crippen LogP contribution in [-0.2, 0) is 11.0 Å². The van der Waals surface area contributed by atoms with Crippen molar-refractivity contribution < 1.29 is 4.43 Å². The molecule has 0 bridgehead atoms. The zero-order valence-electron chi connectivity index (χ0n) is 18.0. The molecule has 3 heterocycles. The number of nitrogens with zero attached hydrogens (tertiary/aromatic N) is 3. The summed E-state index contributed by atoms with van der Waals surface area (Å²) in [5, 5.41) is 1.49. The third-order valence-corrected chi connectivity index (χ3v) is 10.7. The molecular weight excluding hydrogens is 376 g/mol. The molecule has 152 valence electrons. The van der Waals surface area contributed by atoms with Gasteiger partial charge in [0.25, 0.3) is 0 Å². The maximum absolute atomic E-state index is 6.36. The molecular formula is C23H30N4OSi. The molecule has 4 rings (SSSR count). The Morgan fingerprint density at radius 1 is 1.10 bits per heavy atom. The number of aryl methyl sites for hydroxylation is 1. The van der Waals surface area contributed by atoms with Crippen LogP contribution in [0.3, 0.4) is 0 Å². The van der Waals surface area contributed by atoms with Crippen molar-refractivity contribution in [2.24, 2.45) is 0 Å². The predicted octanol–water partition coefficient (Wildman–Crippen LogP) is 5.99. The molecule has 0 saturated heterocycles. The van der Waals surface area contributed by atoms with E-state index < -0.39 is 8.32 Å². The van der Waals surface area contributed by atoms with Crippen molar-refractivity contribution in [3.8, 4) is 11.3 Å². The molecule has 6 heteroatoms. The highest BCUT2D eigenvalue weighted by molar-refractivity contribution is 6.74. The van der Waals surface area contributed by atoms with Crippen LogP contribution in [0.4, 0.5) is 0 Å². The standard InChI is InChI=1S/C23H30N4OSi/c1-23(2,3)29(4,5)28-14-8-13-27-16-18(17-9-6-7-10-21(17)27)19-15-20-22(26-19)25-12-11-24-20/h6-7,9-12,15-16H,8,13-14H2,1-5H3,(H,25,26). The van der Waals surface area contributed by atoms with Gasteiger partial charge in [0.05, 0.1) is 5.69 Å². The average molecular weight is 407 g/mol. The maximum Gasteiger partial charge on any atom is 0.191 e. The molecule has 0 unspecified atom stereocenters. The molecule has 1 aromatic carbocycles. The van der Waals surface area contributed by atoms with Crippen molar-refractivity contribution in [1.29, 1.82) is 0 Å². The third kappa shape index (κ3) is 3.87. The molecule has 0 fully saturated rings. The van der Waals surface area contributed by atoms with Gasteiger partial charge in [0.2, 0.25) is 0 Å². The van der Waals surface area contributed by atoms with Gasteiger partial charge >= 0.3 is 0 Å². The highest BCUT2D eigenvalue weighted by Crippen LogP contribution is 2.36. The lowest BCUT2D eigenvalue weighted by Crippen LogP contribution is -2.41. The van der Waals surface area contributed by atoms with Crippen molar-refractivity contribution >= 4 is 30.4 Å². The molecule has 4 aromatic rings. The van der Waals surface area contributed by atoms with Crippen LogP contribution in [0, 0.1) is 0 Å². The lowest BCUT2D eigenvalue weighted by Gasteiger charge is -2.36. The second-order valence-corrected chi connectivity index (χ2v) is 14.0. The minimum atomic E-state index is -1.69. The number of aromatic amines is 1. The van der Waals surface area contributed by atoms with Crippen molar-refractivity contribution in [1.82, 2.24) is 19.5 Å². The molecule has 29 heavy (non-hydrogen) atoms. The lowest BCUT2D eigenvalue weighted by atomic mass is 10.1. The van der Waals surface area contributed by atoms with E-state index in [0.717, 1.165) is 36.4 Å². The summed E-state index contributed by atoms with van der Waals surface area (Å²) in [5.74, 6) is 0. The first kappa shape index (κ1) is 19.9. The molecule has 0 aliphatic heterocycles. The van der Waals surface area contributed by atoms with Gasteiger partial charge in [-0.1, -0.05) is 39.0 Å². The summed E-state index contributed by atoms with van der Waals surface area (Å²) < 4.78 is 8.70. The largest absolute Gasteiger partial charge is 0.417 e. The number of para-hydroxylation sites is 1. The summed E-state index contributed by atoms with van der Waals surface area (Å²) >= 11 is 0. The van der Waals surface area contributed by atoms with E-state index in [1.165, 1.54) is 16.5 Å². The fraction of sp³-hybridized carbons (Fsp3) is 0.391. The number of fused-ring (bicyclic) bond motifs is 2. The SMILES string of the molecule is CC(C)(C)[Si](C)(C)OCCCn1cc(-c2cc3nccnc3[nH]2)c2ccccc21. The molecule has 5 nitrogen and oxygen atoms in total. The summed E-state index contributed by atoms with van der Waals surface area (Å²) in [4.78, 5) is 12.2. The Labute approximate surface area is 173 Å². The quantitative estimate of drug-likeness (QED) is 0.316. The lowest BCUT2D eigenvalue weighted by molar-refractivity contribution is 0.276. The Morgan fingerprint density at radius 3 is 2.62 bits per heavy atom. The molecule has 0 saturated carbocycles. The van der Waals surface area contributed by atoms with Gasteiger partial charge in [0.1, 0.15) is 5.52 Å². The highest BCUT2D eigenvalue weighted by atomic mass is 28.4.